The maximum atomic E-state index is 11.4. The molecular formula is C9H14N2O2S. The first-order valence-corrected chi connectivity index (χ1v) is 6.35. The van der Waals surface area contributed by atoms with Crippen LogP contribution < -0.4 is 10.5 Å². The lowest BCUT2D eigenvalue weighted by Gasteiger charge is -2.03. The number of methoxy groups -OCH3 is 1. The predicted molar refractivity (Wildman–Crippen MR) is 59.5 cm³/mol. The van der Waals surface area contributed by atoms with Crippen LogP contribution in [0.25, 0.3) is 0 Å². The van der Waals surface area contributed by atoms with Crippen LogP contribution in [0.3, 0.4) is 0 Å². The van der Waals surface area contributed by atoms with Crippen LogP contribution in [0.2, 0.25) is 0 Å². The predicted octanol–water partition coefficient (Wildman–Crippen LogP) is 1.64. The van der Waals surface area contributed by atoms with Crippen LogP contribution in [0.1, 0.15) is 0 Å². The van der Waals surface area contributed by atoms with E-state index >= 15 is 0 Å². The molecule has 0 atom stereocenters. The number of ether oxygens (including phenoxy) is 1. The molecule has 0 spiro atoms. The summed E-state index contributed by atoms with van der Waals surface area (Å²) in [7, 11) is -0.606. The molecule has 0 amide bonds. The summed E-state index contributed by atoms with van der Waals surface area (Å²) in [6.07, 6.45) is 3.14. The van der Waals surface area contributed by atoms with E-state index < -0.39 is 9.73 Å². The standard InChI is InChI=1S/C9H14N2O2S/c1-13-9-5-7(10)4-8(6-9)11-14(2,3)12/h4-6H,10H2,1-3H3. The summed E-state index contributed by atoms with van der Waals surface area (Å²) in [5.41, 5.74) is 6.75. The van der Waals surface area contributed by atoms with E-state index in [0.717, 1.165) is 0 Å². The lowest BCUT2D eigenvalue weighted by Crippen LogP contribution is -1.91. The van der Waals surface area contributed by atoms with Crippen molar-refractivity contribution in [1.29, 1.82) is 0 Å². The van der Waals surface area contributed by atoms with Crippen molar-refractivity contribution in [3.63, 3.8) is 0 Å². The number of rotatable bonds is 2. The molecule has 0 saturated heterocycles. The molecule has 78 valence electrons. The van der Waals surface area contributed by atoms with E-state index in [1.165, 1.54) is 0 Å². The second-order valence-electron chi connectivity index (χ2n) is 3.24. The first-order chi connectivity index (χ1) is 6.40. The smallest absolute Gasteiger partial charge is 0.123 e. The van der Waals surface area contributed by atoms with Gasteiger partial charge in [-0.15, -0.1) is 0 Å². The molecule has 0 heterocycles. The number of hydrogen-bond acceptors (Lipinski definition) is 4. The Bertz CT molecular complexity index is 440. The van der Waals surface area contributed by atoms with Gasteiger partial charge in [0.25, 0.3) is 0 Å². The molecule has 0 aromatic heterocycles. The Kier molecular flexibility index (Phi) is 3.00. The molecule has 0 fully saturated rings. The highest BCUT2D eigenvalue weighted by Crippen LogP contribution is 2.25. The lowest BCUT2D eigenvalue weighted by molar-refractivity contribution is 0.415. The van der Waals surface area contributed by atoms with Crippen molar-refractivity contribution in [3.8, 4) is 5.75 Å². The van der Waals surface area contributed by atoms with Gasteiger partial charge in [0.1, 0.15) is 5.75 Å². The van der Waals surface area contributed by atoms with E-state index in [9.17, 15) is 4.21 Å². The third-order valence-electron chi connectivity index (χ3n) is 1.47. The van der Waals surface area contributed by atoms with Crippen molar-refractivity contribution in [1.82, 2.24) is 0 Å². The molecule has 0 radical (unpaired) electrons. The van der Waals surface area contributed by atoms with Crippen molar-refractivity contribution in [2.24, 2.45) is 4.36 Å². The second kappa shape index (κ2) is 3.88. The molecular weight excluding hydrogens is 200 g/mol. The summed E-state index contributed by atoms with van der Waals surface area (Å²) in [6.45, 7) is 0. The van der Waals surface area contributed by atoms with E-state index in [2.05, 4.69) is 4.36 Å². The van der Waals surface area contributed by atoms with Crippen LogP contribution in [0.5, 0.6) is 5.75 Å². The van der Waals surface area contributed by atoms with Crippen LogP contribution in [0.4, 0.5) is 11.4 Å². The van der Waals surface area contributed by atoms with Gasteiger partial charge < -0.3 is 10.5 Å². The van der Waals surface area contributed by atoms with E-state index in [-0.39, 0.29) is 0 Å². The SMILES string of the molecule is COc1cc(N)cc(N=S(C)(C)=O)c1. The van der Waals surface area contributed by atoms with Gasteiger partial charge in [-0.05, 0) is 6.07 Å². The fraction of sp³-hybridized carbons (Fsp3) is 0.333. The Hall–Kier alpha value is -1.23. The zero-order valence-corrected chi connectivity index (χ0v) is 9.30. The van der Waals surface area contributed by atoms with Gasteiger partial charge in [0.2, 0.25) is 0 Å². The normalized spacial score (nSPS) is 11.1. The van der Waals surface area contributed by atoms with Gasteiger partial charge in [0.15, 0.2) is 0 Å². The second-order valence-corrected chi connectivity index (χ2v) is 5.78. The van der Waals surface area contributed by atoms with E-state index in [1.807, 2.05) is 0 Å². The number of benzene rings is 1. The Balaban J connectivity index is 3.24. The van der Waals surface area contributed by atoms with Crippen LogP contribution in [-0.4, -0.2) is 23.8 Å². The minimum absolute atomic E-state index is 0.548. The maximum absolute atomic E-state index is 11.4. The maximum Gasteiger partial charge on any atom is 0.123 e. The summed E-state index contributed by atoms with van der Waals surface area (Å²) in [5.74, 6) is 0.618. The third-order valence-corrected chi connectivity index (χ3v) is 2.13. The first-order valence-electron chi connectivity index (χ1n) is 4.02. The topological polar surface area (TPSA) is 64.7 Å². The molecule has 2 N–H and O–H groups in total. The monoisotopic (exact) mass is 214 g/mol. The lowest BCUT2D eigenvalue weighted by atomic mass is 10.3. The summed E-state index contributed by atoms with van der Waals surface area (Å²) in [5, 5.41) is 0. The van der Waals surface area contributed by atoms with Gasteiger partial charge in [-0.1, -0.05) is 0 Å². The van der Waals surface area contributed by atoms with Crippen LogP contribution in [0, 0.1) is 0 Å². The molecule has 5 heteroatoms. The van der Waals surface area contributed by atoms with Gasteiger partial charge in [0, 0.05) is 40.1 Å². The zero-order chi connectivity index (χ0) is 10.8. The van der Waals surface area contributed by atoms with Gasteiger partial charge in [-0.2, -0.15) is 4.36 Å². The average Bonchev–Trinajstić information content (AvgIpc) is 1.99. The van der Waals surface area contributed by atoms with Gasteiger partial charge >= 0.3 is 0 Å². The van der Waals surface area contributed by atoms with Crippen LogP contribution in [-0.2, 0) is 9.73 Å². The number of nitrogens with two attached hydrogens (primary N) is 1. The van der Waals surface area contributed by atoms with Crippen LogP contribution in [0.15, 0.2) is 22.6 Å². The van der Waals surface area contributed by atoms with Crippen molar-refractivity contribution in [3.05, 3.63) is 18.2 Å². The molecule has 0 bridgehead atoms. The minimum Gasteiger partial charge on any atom is -0.497 e. The molecule has 1 aromatic rings. The van der Waals surface area contributed by atoms with E-state index in [1.54, 1.807) is 37.8 Å². The molecule has 0 aliphatic rings. The van der Waals surface area contributed by atoms with Gasteiger partial charge in [0.05, 0.1) is 12.8 Å². The average molecular weight is 214 g/mol. The number of nitrogens with zero attached hydrogens (tertiary/aromatic N) is 1. The Morgan fingerprint density at radius 1 is 1.36 bits per heavy atom. The summed E-state index contributed by atoms with van der Waals surface area (Å²) >= 11 is 0. The number of nitrogen functional groups attached to an aromatic ring is 1. The largest absolute Gasteiger partial charge is 0.497 e. The minimum atomic E-state index is -2.16. The van der Waals surface area contributed by atoms with E-state index in [0.29, 0.717) is 17.1 Å². The first kappa shape index (κ1) is 10.8. The highest BCUT2D eigenvalue weighted by atomic mass is 32.2. The fourth-order valence-corrected chi connectivity index (χ4v) is 1.64. The fourth-order valence-electron chi connectivity index (χ4n) is 1.03. The van der Waals surface area contributed by atoms with Gasteiger partial charge in [-0.3, -0.25) is 0 Å². The van der Waals surface area contributed by atoms with Crippen LogP contribution >= 0.6 is 0 Å². The zero-order valence-electron chi connectivity index (χ0n) is 8.48. The van der Waals surface area contributed by atoms with Crippen molar-refractivity contribution in [2.75, 3.05) is 25.4 Å². The summed E-state index contributed by atoms with van der Waals surface area (Å²) in [6, 6.07) is 5.05. The van der Waals surface area contributed by atoms with Crippen molar-refractivity contribution in [2.45, 2.75) is 0 Å². The number of anilines is 1. The summed E-state index contributed by atoms with van der Waals surface area (Å²) < 4.78 is 20.5. The molecule has 0 aliphatic carbocycles. The molecule has 4 nitrogen and oxygen atoms in total. The summed E-state index contributed by atoms with van der Waals surface area (Å²) in [4.78, 5) is 0. The van der Waals surface area contributed by atoms with E-state index in [4.69, 9.17) is 10.5 Å². The number of hydrogen-bond donors (Lipinski definition) is 1. The Morgan fingerprint density at radius 2 is 2.00 bits per heavy atom. The molecule has 0 unspecified atom stereocenters. The molecule has 0 saturated carbocycles. The van der Waals surface area contributed by atoms with Crippen molar-refractivity contribution >= 4 is 21.1 Å². The third kappa shape index (κ3) is 3.26. The van der Waals surface area contributed by atoms with Gasteiger partial charge in [-0.25, -0.2) is 4.21 Å². The quantitative estimate of drug-likeness (QED) is 0.761. The highest BCUT2D eigenvalue weighted by molar-refractivity contribution is 7.92. The Labute approximate surface area is 84.3 Å². The molecule has 1 rings (SSSR count). The molecule has 0 aliphatic heterocycles. The highest BCUT2D eigenvalue weighted by Gasteiger charge is 1.99. The Morgan fingerprint density at radius 3 is 2.50 bits per heavy atom. The van der Waals surface area contributed by atoms with Crippen molar-refractivity contribution < 1.29 is 8.95 Å². The molecule has 1 aromatic carbocycles. The molecule has 14 heavy (non-hydrogen) atoms.